The zero-order valence-electron chi connectivity index (χ0n) is 19.0. The van der Waals surface area contributed by atoms with Gasteiger partial charge in [0.15, 0.2) is 0 Å². The third kappa shape index (κ3) is 3.91. The van der Waals surface area contributed by atoms with Gasteiger partial charge in [0.05, 0.1) is 62.1 Å². The van der Waals surface area contributed by atoms with E-state index in [1.54, 1.807) is 9.30 Å². The first-order chi connectivity index (χ1) is 16.3. The molecular formula is C24H26F2N4O4. The molecule has 10 heteroatoms. The lowest BCUT2D eigenvalue weighted by molar-refractivity contribution is -0.0571. The minimum absolute atomic E-state index is 0.196. The summed E-state index contributed by atoms with van der Waals surface area (Å²) in [5.74, 6) is -1.48. The average Bonchev–Trinajstić information content (AvgIpc) is 3.13. The number of hydrogen-bond acceptors (Lipinski definition) is 6. The van der Waals surface area contributed by atoms with Crippen LogP contribution in [0.25, 0.3) is 16.9 Å². The molecule has 34 heavy (non-hydrogen) atoms. The van der Waals surface area contributed by atoms with Gasteiger partial charge < -0.3 is 29.2 Å². The molecule has 3 aromatic rings. The van der Waals surface area contributed by atoms with Crippen LogP contribution in [-0.4, -0.2) is 66.5 Å². The molecule has 2 aliphatic heterocycles. The van der Waals surface area contributed by atoms with Crippen LogP contribution in [0.4, 0.5) is 13.6 Å². The quantitative estimate of drug-likeness (QED) is 0.628. The summed E-state index contributed by atoms with van der Waals surface area (Å²) in [6.45, 7) is 3.38. The van der Waals surface area contributed by atoms with Gasteiger partial charge in [-0.1, -0.05) is 0 Å². The minimum Gasteiger partial charge on any atom is -0.453 e. The van der Waals surface area contributed by atoms with Crippen molar-refractivity contribution >= 4 is 11.7 Å². The number of ether oxygens (including phenoxy) is 3. The largest absolute Gasteiger partial charge is 0.453 e. The number of fused-ring (bicyclic) bond motifs is 1. The van der Waals surface area contributed by atoms with E-state index in [-0.39, 0.29) is 24.5 Å². The number of methoxy groups -OCH3 is 1. The number of imidazole rings is 1. The second kappa shape index (κ2) is 8.61. The standard InChI is InChI=1S/C24H26F2N4O4/c1-14-3-4-30-19(10-16-11-29(5-6-34-16)23(31)32-2)22(28-20(30)7-14)21-17(25)8-15(9-18(21)26)24(27)12-33-13-24/h3-4,7-9,16H,5-6,10-13,27H2,1-2H3/t16-/m0/s1. The van der Waals surface area contributed by atoms with Crippen LogP contribution in [-0.2, 0) is 26.2 Å². The number of carbonyl (C=O) groups excluding carboxylic acids is 1. The maximum Gasteiger partial charge on any atom is 0.409 e. The Bertz CT molecular complexity index is 1230. The Morgan fingerprint density at radius 1 is 1.29 bits per heavy atom. The van der Waals surface area contributed by atoms with Crippen LogP contribution < -0.4 is 5.73 Å². The van der Waals surface area contributed by atoms with E-state index >= 15 is 8.78 Å². The highest BCUT2D eigenvalue weighted by molar-refractivity contribution is 5.69. The van der Waals surface area contributed by atoms with Crippen molar-refractivity contribution in [2.24, 2.45) is 5.73 Å². The summed E-state index contributed by atoms with van der Waals surface area (Å²) in [5, 5.41) is 0. The molecule has 2 fully saturated rings. The number of rotatable bonds is 4. The van der Waals surface area contributed by atoms with Gasteiger partial charge in [-0.15, -0.1) is 0 Å². The summed E-state index contributed by atoms with van der Waals surface area (Å²) in [4.78, 5) is 18.1. The van der Waals surface area contributed by atoms with E-state index in [0.29, 0.717) is 43.0 Å². The van der Waals surface area contributed by atoms with Gasteiger partial charge in [0.25, 0.3) is 0 Å². The number of aryl methyl sites for hydroxylation is 1. The van der Waals surface area contributed by atoms with Gasteiger partial charge in [-0.3, -0.25) is 0 Å². The first-order valence-corrected chi connectivity index (χ1v) is 11.1. The van der Waals surface area contributed by atoms with Crippen molar-refractivity contribution in [1.82, 2.24) is 14.3 Å². The number of nitrogens with two attached hydrogens (primary N) is 1. The fourth-order valence-corrected chi connectivity index (χ4v) is 4.52. The van der Waals surface area contributed by atoms with Crippen molar-refractivity contribution in [3.8, 4) is 11.3 Å². The lowest BCUT2D eigenvalue weighted by Crippen LogP contribution is -2.54. The number of aromatic nitrogens is 2. The van der Waals surface area contributed by atoms with Crippen molar-refractivity contribution in [3.05, 3.63) is 58.9 Å². The Morgan fingerprint density at radius 3 is 2.68 bits per heavy atom. The molecule has 2 N–H and O–H groups in total. The van der Waals surface area contributed by atoms with E-state index in [9.17, 15) is 4.79 Å². The molecule has 180 valence electrons. The first-order valence-electron chi connectivity index (χ1n) is 11.1. The van der Waals surface area contributed by atoms with Crippen LogP contribution in [0.1, 0.15) is 16.8 Å². The molecule has 0 spiro atoms. The highest BCUT2D eigenvalue weighted by atomic mass is 19.1. The first kappa shape index (κ1) is 22.7. The van der Waals surface area contributed by atoms with Gasteiger partial charge in [0.2, 0.25) is 0 Å². The van der Waals surface area contributed by atoms with Gasteiger partial charge in [-0.25, -0.2) is 18.6 Å². The molecule has 4 heterocycles. The molecule has 2 aliphatic rings. The Hall–Kier alpha value is -3.08. The van der Waals surface area contributed by atoms with E-state index < -0.39 is 29.4 Å². The average molecular weight is 472 g/mol. The van der Waals surface area contributed by atoms with Crippen LogP contribution in [0.15, 0.2) is 30.5 Å². The zero-order valence-corrected chi connectivity index (χ0v) is 19.0. The Kier molecular flexibility index (Phi) is 5.75. The van der Waals surface area contributed by atoms with E-state index in [0.717, 1.165) is 5.56 Å². The molecule has 0 unspecified atom stereocenters. The number of morpholine rings is 1. The highest BCUT2D eigenvalue weighted by Crippen LogP contribution is 2.35. The van der Waals surface area contributed by atoms with Crippen LogP contribution >= 0.6 is 0 Å². The summed E-state index contributed by atoms with van der Waals surface area (Å²) in [5.41, 5.74) is 7.75. The van der Waals surface area contributed by atoms with Crippen molar-refractivity contribution in [2.75, 3.05) is 40.0 Å². The molecule has 2 saturated heterocycles. The van der Waals surface area contributed by atoms with Gasteiger partial charge in [-0.2, -0.15) is 0 Å². The fourth-order valence-electron chi connectivity index (χ4n) is 4.52. The number of amides is 1. The van der Waals surface area contributed by atoms with E-state index in [4.69, 9.17) is 19.9 Å². The smallest absolute Gasteiger partial charge is 0.409 e. The number of halogens is 2. The van der Waals surface area contributed by atoms with Crippen LogP contribution in [0.5, 0.6) is 0 Å². The van der Waals surface area contributed by atoms with Crippen molar-refractivity contribution in [2.45, 2.75) is 25.0 Å². The molecule has 0 aliphatic carbocycles. The normalized spacial score (nSPS) is 19.8. The van der Waals surface area contributed by atoms with Crippen molar-refractivity contribution < 1.29 is 27.8 Å². The fraction of sp³-hybridized carbons (Fsp3) is 0.417. The molecule has 1 atom stereocenters. The molecule has 0 saturated carbocycles. The lowest BCUT2D eigenvalue weighted by Gasteiger charge is -2.38. The van der Waals surface area contributed by atoms with Gasteiger partial charge in [-0.05, 0) is 42.3 Å². The Labute approximate surface area is 195 Å². The molecule has 2 aromatic heterocycles. The van der Waals surface area contributed by atoms with Crippen molar-refractivity contribution in [3.63, 3.8) is 0 Å². The topological polar surface area (TPSA) is 91.3 Å². The Balaban J connectivity index is 1.57. The summed E-state index contributed by atoms with van der Waals surface area (Å²) < 4.78 is 48.4. The van der Waals surface area contributed by atoms with E-state index in [2.05, 4.69) is 4.98 Å². The molecule has 8 nitrogen and oxygen atoms in total. The van der Waals surface area contributed by atoms with Gasteiger partial charge in [0, 0.05) is 19.2 Å². The van der Waals surface area contributed by atoms with E-state index in [1.165, 1.54) is 19.2 Å². The minimum atomic E-state index is -0.896. The number of pyridine rings is 1. The SMILES string of the molecule is COC(=O)N1CCO[C@@H](Cc2c(-c3c(F)cc(C4(N)COC4)cc3F)nc3cc(C)ccn23)C1. The van der Waals surface area contributed by atoms with Crippen molar-refractivity contribution in [1.29, 1.82) is 0 Å². The molecular weight excluding hydrogens is 446 g/mol. The molecule has 1 aromatic carbocycles. The highest BCUT2D eigenvalue weighted by Gasteiger charge is 2.38. The van der Waals surface area contributed by atoms with E-state index in [1.807, 2.05) is 25.3 Å². The van der Waals surface area contributed by atoms with Gasteiger partial charge >= 0.3 is 6.09 Å². The molecule has 0 bridgehead atoms. The lowest BCUT2D eigenvalue weighted by atomic mass is 9.88. The van der Waals surface area contributed by atoms with Crippen LogP contribution in [0, 0.1) is 18.6 Å². The molecule has 5 rings (SSSR count). The maximum absolute atomic E-state index is 15.4. The summed E-state index contributed by atoms with van der Waals surface area (Å²) >= 11 is 0. The third-order valence-corrected chi connectivity index (χ3v) is 6.45. The monoisotopic (exact) mass is 472 g/mol. The number of benzene rings is 1. The molecule has 1 amide bonds. The summed E-state index contributed by atoms with van der Waals surface area (Å²) in [6.07, 6.45) is 1.29. The summed E-state index contributed by atoms with van der Waals surface area (Å²) in [7, 11) is 1.33. The second-order valence-corrected chi connectivity index (χ2v) is 8.92. The predicted molar refractivity (Wildman–Crippen MR) is 119 cm³/mol. The predicted octanol–water partition coefficient (Wildman–Crippen LogP) is 2.78. The molecule has 0 radical (unpaired) electrons. The van der Waals surface area contributed by atoms with Crippen LogP contribution in [0.2, 0.25) is 0 Å². The van der Waals surface area contributed by atoms with Crippen LogP contribution in [0.3, 0.4) is 0 Å². The number of hydrogen-bond donors (Lipinski definition) is 1. The van der Waals surface area contributed by atoms with Gasteiger partial charge in [0.1, 0.15) is 17.3 Å². The maximum atomic E-state index is 15.4. The zero-order chi connectivity index (χ0) is 24.0. The number of nitrogens with zero attached hydrogens (tertiary/aromatic N) is 3. The second-order valence-electron chi connectivity index (χ2n) is 8.92. The Morgan fingerprint density at radius 2 is 2.03 bits per heavy atom. The number of carbonyl (C=O) groups is 1. The summed E-state index contributed by atoms with van der Waals surface area (Å²) in [6, 6.07) is 6.27. The third-order valence-electron chi connectivity index (χ3n) is 6.45.